The van der Waals surface area contributed by atoms with E-state index in [1.807, 2.05) is 30.3 Å². The van der Waals surface area contributed by atoms with E-state index >= 15 is 0 Å². The van der Waals surface area contributed by atoms with E-state index < -0.39 is 0 Å². The second-order valence-corrected chi connectivity index (χ2v) is 4.31. The lowest BCUT2D eigenvalue weighted by molar-refractivity contribution is 0.396. The molecular formula is C14H15ClN2O2. The van der Waals surface area contributed by atoms with Crippen molar-refractivity contribution in [1.82, 2.24) is 4.98 Å². The van der Waals surface area contributed by atoms with Gasteiger partial charge in [0, 0.05) is 11.1 Å². The molecule has 1 aromatic carbocycles. The average Bonchev–Trinajstić information content (AvgIpc) is 2.45. The van der Waals surface area contributed by atoms with Gasteiger partial charge in [0.25, 0.3) is 0 Å². The molecule has 0 saturated heterocycles. The topological polar surface area (TPSA) is 43.4 Å². The van der Waals surface area contributed by atoms with Crippen LogP contribution >= 0.6 is 11.6 Å². The molecule has 0 radical (unpaired) electrons. The van der Waals surface area contributed by atoms with E-state index in [2.05, 4.69) is 10.3 Å². The minimum atomic E-state index is 0.563. The summed E-state index contributed by atoms with van der Waals surface area (Å²) in [5.74, 6) is 1.34. The lowest BCUT2D eigenvalue weighted by Crippen LogP contribution is -2.03. The van der Waals surface area contributed by atoms with E-state index in [1.165, 1.54) is 0 Å². The van der Waals surface area contributed by atoms with Crippen molar-refractivity contribution >= 4 is 17.3 Å². The van der Waals surface area contributed by atoms with Crippen LogP contribution in [-0.2, 0) is 6.54 Å². The molecule has 0 saturated carbocycles. The fourth-order valence-corrected chi connectivity index (χ4v) is 1.85. The van der Waals surface area contributed by atoms with Crippen molar-refractivity contribution in [2.24, 2.45) is 0 Å². The first-order chi connectivity index (χ1) is 9.22. The van der Waals surface area contributed by atoms with Gasteiger partial charge >= 0.3 is 0 Å². The van der Waals surface area contributed by atoms with E-state index in [0.29, 0.717) is 17.4 Å². The van der Waals surface area contributed by atoms with Crippen molar-refractivity contribution in [2.45, 2.75) is 6.54 Å². The highest BCUT2D eigenvalue weighted by Gasteiger charge is 2.04. The number of aromatic nitrogens is 1. The van der Waals surface area contributed by atoms with Crippen molar-refractivity contribution in [3.8, 4) is 11.6 Å². The molecule has 0 bridgehead atoms. The van der Waals surface area contributed by atoms with Crippen LogP contribution < -0.4 is 14.8 Å². The lowest BCUT2D eigenvalue weighted by atomic mass is 10.2. The molecule has 0 aliphatic rings. The summed E-state index contributed by atoms with van der Waals surface area (Å²) in [5.41, 5.74) is 1.71. The molecule has 19 heavy (non-hydrogen) atoms. The van der Waals surface area contributed by atoms with E-state index in [1.54, 1.807) is 20.3 Å². The Morgan fingerprint density at radius 2 is 2.00 bits per heavy atom. The predicted molar refractivity (Wildman–Crippen MR) is 76.1 cm³/mol. The Labute approximate surface area is 117 Å². The molecule has 1 N–H and O–H groups in total. The van der Waals surface area contributed by atoms with Gasteiger partial charge in [-0.1, -0.05) is 17.7 Å². The molecule has 2 aromatic rings. The Hall–Kier alpha value is -1.94. The van der Waals surface area contributed by atoms with Crippen molar-refractivity contribution in [1.29, 1.82) is 0 Å². The first-order valence-electron chi connectivity index (χ1n) is 5.80. The average molecular weight is 279 g/mol. The summed E-state index contributed by atoms with van der Waals surface area (Å²) in [6, 6.07) is 11.1. The normalized spacial score (nSPS) is 10.1. The van der Waals surface area contributed by atoms with Gasteiger partial charge in [0.15, 0.2) is 0 Å². The van der Waals surface area contributed by atoms with Gasteiger partial charge in [-0.05, 0) is 24.3 Å². The molecule has 0 spiro atoms. The fraction of sp³-hybridized carbons (Fsp3) is 0.214. The van der Waals surface area contributed by atoms with E-state index in [-0.39, 0.29) is 0 Å². The fourth-order valence-electron chi connectivity index (χ4n) is 1.67. The summed E-state index contributed by atoms with van der Waals surface area (Å²) >= 11 is 5.97. The van der Waals surface area contributed by atoms with Crippen LogP contribution in [0, 0.1) is 0 Å². The number of methoxy groups -OCH3 is 2. The summed E-state index contributed by atoms with van der Waals surface area (Å²) in [6.07, 6.45) is 0. The Kier molecular flexibility index (Phi) is 4.47. The second-order valence-electron chi connectivity index (χ2n) is 3.87. The Balaban J connectivity index is 2.11. The third kappa shape index (κ3) is 3.51. The molecule has 0 atom stereocenters. The smallest absolute Gasteiger partial charge is 0.213 e. The van der Waals surface area contributed by atoms with Crippen LogP contribution in [0.25, 0.3) is 0 Å². The third-order valence-electron chi connectivity index (χ3n) is 2.61. The highest BCUT2D eigenvalue weighted by molar-refractivity contribution is 6.30. The molecule has 1 aromatic heterocycles. The molecular weight excluding hydrogens is 264 g/mol. The van der Waals surface area contributed by atoms with Crippen LogP contribution in [-0.4, -0.2) is 19.2 Å². The summed E-state index contributed by atoms with van der Waals surface area (Å²) in [6.45, 7) is 0.563. The molecule has 0 amide bonds. The predicted octanol–water partition coefficient (Wildman–Crippen LogP) is 3.36. The Morgan fingerprint density at radius 1 is 1.16 bits per heavy atom. The standard InChI is InChI=1S/C14H15ClN2O2/c1-18-13-7-6-10(15)8-12(13)16-9-11-4-3-5-14(17-11)19-2/h3-8,16H,9H2,1-2H3. The van der Waals surface area contributed by atoms with E-state index in [0.717, 1.165) is 17.1 Å². The first-order valence-corrected chi connectivity index (χ1v) is 6.18. The number of hydrogen-bond donors (Lipinski definition) is 1. The summed E-state index contributed by atoms with van der Waals surface area (Å²) in [5, 5.41) is 3.90. The maximum absolute atomic E-state index is 5.97. The summed E-state index contributed by atoms with van der Waals surface area (Å²) in [4.78, 5) is 4.33. The number of ether oxygens (including phenoxy) is 2. The first kappa shape index (κ1) is 13.5. The molecule has 2 rings (SSSR count). The quantitative estimate of drug-likeness (QED) is 0.911. The molecule has 0 fully saturated rings. The minimum Gasteiger partial charge on any atom is -0.495 e. The molecule has 1 heterocycles. The number of pyridine rings is 1. The van der Waals surface area contributed by atoms with Crippen LogP contribution in [0.1, 0.15) is 5.69 Å². The molecule has 0 aliphatic carbocycles. The lowest BCUT2D eigenvalue weighted by Gasteiger charge is -2.11. The van der Waals surface area contributed by atoms with Crippen LogP contribution in [0.3, 0.4) is 0 Å². The van der Waals surface area contributed by atoms with Gasteiger partial charge in [0.2, 0.25) is 5.88 Å². The van der Waals surface area contributed by atoms with Gasteiger partial charge in [-0.25, -0.2) is 4.98 Å². The van der Waals surface area contributed by atoms with Crippen LogP contribution in [0.15, 0.2) is 36.4 Å². The monoisotopic (exact) mass is 278 g/mol. The molecule has 100 valence electrons. The zero-order valence-electron chi connectivity index (χ0n) is 10.8. The van der Waals surface area contributed by atoms with E-state index in [4.69, 9.17) is 21.1 Å². The number of halogens is 1. The van der Waals surface area contributed by atoms with Gasteiger partial charge in [0.05, 0.1) is 32.1 Å². The zero-order valence-corrected chi connectivity index (χ0v) is 11.6. The van der Waals surface area contributed by atoms with Crippen LogP contribution in [0.4, 0.5) is 5.69 Å². The van der Waals surface area contributed by atoms with Gasteiger partial charge < -0.3 is 14.8 Å². The SMILES string of the molecule is COc1cccc(CNc2cc(Cl)ccc2OC)n1. The minimum absolute atomic E-state index is 0.563. The van der Waals surface area contributed by atoms with Crippen molar-refractivity contribution in [3.05, 3.63) is 47.1 Å². The van der Waals surface area contributed by atoms with Gasteiger partial charge in [-0.15, -0.1) is 0 Å². The Bertz CT molecular complexity index is 561. The highest BCUT2D eigenvalue weighted by Crippen LogP contribution is 2.28. The maximum Gasteiger partial charge on any atom is 0.213 e. The number of anilines is 1. The number of hydrogen-bond acceptors (Lipinski definition) is 4. The van der Waals surface area contributed by atoms with Gasteiger partial charge in [0.1, 0.15) is 5.75 Å². The third-order valence-corrected chi connectivity index (χ3v) is 2.85. The van der Waals surface area contributed by atoms with Crippen molar-refractivity contribution < 1.29 is 9.47 Å². The zero-order chi connectivity index (χ0) is 13.7. The molecule has 5 heteroatoms. The maximum atomic E-state index is 5.97. The second kappa shape index (κ2) is 6.29. The number of nitrogens with one attached hydrogen (secondary N) is 1. The molecule has 0 aliphatic heterocycles. The van der Waals surface area contributed by atoms with Gasteiger partial charge in [-0.3, -0.25) is 0 Å². The summed E-state index contributed by atoms with van der Waals surface area (Å²) in [7, 11) is 3.22. The largest absolute Gasteiger partial charge is 0.495 e. The number of benzene rings is 1. The number of rotatable bonds is 5. The van der Waals surface area contributed by atoms with Gasteiger partial charge in [-0.2, -0.15) is 0 Å². The van der Waals surface area contributed by atoms with E-state index in [9.17, 15) is 0 Å². The molecule has 4 nitrogen and oxygen atoms in total. The van der Waals surface area contributed by atoms with Crippen molar-refractivity contribution in [2.75, 3.05) is 19.5 Å². The van der Waals surface area contributed by atoms with Crippen LogP contribution in [0.2, 0.25) is 5.02 Å². The summed E-state index contributed by atoms with van der Waals surface area (Å²) < 4.78 is 10.4. The molecule has 0 unspecified atom stereocenters. The Morgan fingerprint density at radius 3 is 2.74 bits per heavy atom. The van der Waals surface area contributed by atoms with Crippen LogP contribution in [0.5, 0.6) is 11.6 Å². The highest BCUT2D eigenvalue weighted by atomic mass is 35.5. The van der Waals surface area contributed by atoms with Crippen molar-refractivity contribution in [3.63, 3.8) is 0 Å². The number of nitrogens with zero attached hydrogens (tertiary/aromatic N) is 1.